The van der Waals surface area contributed by atoms with Crippen LogP contribution >= 0.6 is 0 Å². The van der Waals surface area contributed by atoms with Gasteiger partial charge in [-0.2, -0.15) is 0 Å². The molecule has 0 radical (unpaired) electrons. The number of ether oxygens (including phenoxy) is 3. The van der Waals surface area contributed by atoms with Crippen molar-refractivity contribution in [2.45, 2.75) is 18.8 Å². The molecule has 0 aliphatic carbocycles. The number of hydrogen-bond acceptors (Lipinski definition) is 5. The van der Waals surface area contributed by atoms with Crippen LogP contribution in [0.3, 0.4) is 0 Å². The van der Waals surface area contributed by atoms with Gasteiger partial charge in [-0.3, -0.25) is 0 Å². The maximum atomic E-state index is 5.78. The van der Waals surface area contributed by atoms with Crippen molar-refractivity contribution >= 4 is 0 Å². The first-order chi connectivity index (χ1) is 11.4. The zero-order valence-electron chi connectivity index (χ0n) is 12.9. The summed E-state index contributed by atoms with van der Waals surface area (Å²) in [6.45, 7) is 3.04. The molecule has 0 saturated carbocycles. The van der Waals surface area contributed by atoms with E-state index in [0.29, 0.717) is 31.7 Å². The number of pyridine rings is 1. The summed E-state index contributed by atoms with van der Waals surface area (Å²) in [6, 6.07) is 14.4. The predicted octanol–water partition coefficient (Wildman–Crippen LogP) is 2.53. The van der Waals surface area contributed by atoms with Crippen molar-refractivity contribution in [1.29, 1.82) is 0 Å². The molecule has 5 nitrogen and oxygen atoms in total. The summed E-state index contributed by atoms with van der Waals surface area (Å²) in [4.78, 5) is 4.61. The van der Waals surface area contributed by atoms with E-state index < -0.39 is 0 Å². The third kappa shape index (κ3) is 3.37. The van der Waals surface area contributed by atoms with Gasteiger partial charge in [0.25, 0.3) is 0 Å². The predicted molar refractivity (Wildman–Crippen MR) is 86.2 cm³/mol. The van der Waals surface area contributed by atoms with Crippen LogP contribution < -0.4 is 10.1 Å². The quantitative estimate of drug-likeness (QED) is 0.919. The molecule has 2 aliphatic heterocycles. The lowest BCUT2D eigenvalue weighted by molar-refractivity contribution is -0.0440. The van der Waals surface area contributed by atoms with Crippen LogP contribution in [0.15, 0.2) is 42.5 Å². The van der Waals surface area contributed by atoms with Gasteiger partial charge in [0.2, 0.25) is 5.88 Å². The average molecular weight is 312 g/mol. The highest BCUT2D eigenvalue weighted by Crippen LogP contribution is 2.27. The number of benzene rings is 1. The van der Waals surface area contributed by atoms with Gasteiger partial charge in [0.15, 0.2) is 6.29 Å². The molecule has 2 aliphatic rings. The molecule has 0 unspecified atom stereocenters. The number of hydrogen-bond donors (Lipinski definition) is 1. The van der Waals surface area contributed by atoms with Crippen molar-refractivity contribution < 1.29 is 14.2 Å². The smallest absolute Gasteiger partial charge is 0.213 e. The fourth-order valence-corrected chi connectivity index (χ4v) is 2.73. The number of rotatable bonds is 5. The van der Waals surface area contributed by atoms with E-state index in [9.17, 15) is 0 Å². The van der Waals surface area contributed by atoms with Crippen LogP contribution in [0.5, 0.6) is 5.88 Å². The highest BCUT2D eigenvalue weighted by molar-refractivity contribution is 5.60. The lowest BCUT2D eigenvalue weighted by Crippen LogP contribution is -2.46. The molecule has 1 aromatic carbocycles. The van der Waals surface area contributed by atoms with Crippen LogP contribution in [-0.4, -0.2) is 37.4 Å². The minimum atomic E-state index is -0.265. The maximum absolute atomic E-state index is 5.78. The number of nitrogens with zero attached hydrogens (tertiary/aromatic N) is 1. The summed E-state index contributed by atoms with van der Waals surface area (Å²) >= 11 is 0. The second-order valence-corrected chi connectivity index (χ2v) is 5.81. The first-order valence-corrected chi connectivity index (χ1v) is 8.05. The van der Waals surface area contributed by atoms with Crippen LogP contribution in [0.2, 0.25) is 0 Å². The van der Waals surface area contributed by atoms with Gasteiger partial charge in [0.1, 0.15) is 6.61 Å². The van der Waals surface area contributed by atoms with Crippen molar-refractivity contribution in [3.8, 4) is 17.1 Å². The fourth-order valence-electron chi connectivity index (χ4n) is 2.73. The van der Waals surface area contributed by atoms with Gasteiger partial charge < -0.3 is 19.5 Å². The largest absolute Gasteiger partial charge is 0.476 e. The minimum Gasteiger partial charge on any atom is -0.476 e. The van der Waals surface area contributed by atoms with Gasteiger partial charge >= 0.3 is 0 Å². The maximum Gasteiger partial charge on any atom is 0.213 e. The Morgan fingerprint density at radius 3 is 2.74 bits per heavy atom. The van der Waals surface area contributed by atoms with Crippen LogP contribution in [0.1, 0.15) is 18.3 Å². The van der Waals surface area contributed by atoms with E-state index >= 15 is 0 Å². The van der Waals surface area contributed by atoms with E-state index in [0.717, 1.165) is 23.4 Å². The highest BCUT2D eigenvalue weighted by atomic mass is 16.7. The Labute approximate surface area is 135 Å². The van der Waals surface area contributed by atoms with Gasteiger partial charge in [-0.05, 0) is 25.1 Å². The number of nitrogens with one attached hydrogen (secondary N) is 1. The zero-order chi connectivity index (χ0) is 15.5. The van der Waals surface area contributed by atoms with E-state index in [2.05, 4.69) is 16.4 Å². The highest BCUT2D eigenvalue weighted by Gasteiger charge is 2.19. The molecular formula is C18H20N2O3. The summed E-state index contributed by atoms with van der Waals surface area (Å²) in [5.41, 5.74) is 2.95. The van der Waals surface area contributed by atoms with E-state index in [1.165, 1.54) is 6.42 Å². The lowest BCUT2D eigenvalue weighted by atomic mass is 10.1. The van der Waals surface area contributed by atoms with Gasteiger partial charge in [0, 0.05) is 23.2 Å². The van der Waals surface area contributed by atoms with Gasteiger partial charge in [-0.1, -0.05) is 24.3 Å². The SMILES string of the molecule is c1cc(-c2cccc(OC[C@@H]3CCN3)n2)cc(C2OCCO2)c1. The van der Waals surface area contributed by atoms with Crippen LogP contribution in [0, 0.1) is 0 Å². The second-order valence-electron chi connectivity index (χ2n) is 5.81. The molecule has 1 N–H and O–H groups in total. The molecular weight excluding hydrogens is 292 g/mol. The van der Waals surface area contributed by atoms with Crippen LogP contribution in [0.4, 0.5) is 0 Å². The Bertz CT molecular complexity index is 667. The van der Waals surface area contributed by atoms with Crippen molar-refractivity contribution in [3.63, 3.8) is 0 Å². The normalized spacial score (nSPS) is 21.1. The molecule has 3 heterocycles. The fraction of sp³-hybridized carbons (Fsp3) is 0.389. The summed E-state index contributed by atoms with van der Waals surface area (Å²) in [7, 11) is 0. The molecule has 2 fully saturated rings. The average Bonchev–Trinajstić information content (AvgIpc) is 3.08. The molecule has 4 rings (SSSR count). The first kappa shape index (κ1) is 14.6. The topological polar surface area (TPSA) is 52.6 Å². The molecule has 1 atom stereocenters. The van der Waals surface area contributed by atoms with Crippen LogP contribution in [-0.2, 0) is 9.47 Å². The Morgan fingerprint density at radius 2 is 1.96 bits per heavy atom. The Hall–Kier alpha value is -1.95. The molecule has 5 heteroatoms. The summed E-state index contributed by atoms with van der Waals surface area (Å²) in [6.07, 6.45) is 0.905. The van der Waals surface area contributed by atoms with Gasteiger partial charge in [0.05, 0.1) is 18.9 Å². The van der Waals surface area contributed by atoms with E-state index in [1.54, 1.807) is 0 Å². The van der Waals surface area contributed by atoms with Crippen molar-refractivity contribution in [3.05, 3.63) is 48.0 Å². The third-order valence-corrected chi connectivity index (χ3v) is 4.16. The summed E-state index contributed by atoms with van der Waals surface area (Å²) < 4.78 is 16.9. The van der Waals surface area contributed by atoms with Gasteiger partial charge in [-0.25, -0.2) is 4.98 Å². The molecule has 2 aromatic rings. The summed E-state index contributed by atoms with van der Waals surface area (Å²) in [5, 5.41) is 3.32. The summed E-state index contributed by atoms with van der Waals surface area (Å²) in [5.74, 6) is 0.662. The molecule has 0 spiro atoms. The second kappa shape index (κ2) is 6.66. The Morgan fingerprint density at radius 1 is 1.13 bits per heavy atom. The van der Waals surface area contributed by atoms with E-state index in [4.69, 9.17) is 14.2 Å². The van der Waals surface area contributed by atoms with Crippen molar-refractivity contribution in [2.75, 3.05) is 26.4 Å². The first-order valence-electron chi connectivity index (χ1n) is 8.05. The molecule has 1 aromatic heterocycles. The third-order valence-electron chi connectivity index (χ3n) is 4.16. The standard InChI is InChI=1S/C18H20N2O3/c1-3-13(11-14(4-1)18-21-9-10-22-18)16-5-2-6-17(20-16)23-12-15-7-8-19-15/h1-6,11,15,18-19H,7-10,12H2/t15-/m0/s1. The van der Waals surface area contributed by atoms with E-state index in [-0.39, 0.29) is 6.29 Å². The minimum absolute atomic E-state index is 0.265. The molecule has 0 amide bonds. The van der Waals surface area contributed by atoms with Crippen molar-refractivity contribution in [1.82, 2.24) is 10.3 Å². The monoisotopic (exact) mass is 312 g/mol. The lowest BCUT2D eigenvalue weighted by Gasteiger charge is -2.27. The zero-order valence-corrected chi connectivity index (χ0v) is 12.9. The molecule has 2 saturated heterocycles. The Kier molecular flexibility index (Phi) is 4.24. The molecule has 0 bridgehead atoms. The molecule has 120 valence electrons. The van der Waals surface area contributed by atoms with Gasteiger partial charge in [-0.15, -0.1) is 0 Å². The Balaban J connectivity index is 1.51. The van der Waals surface area contributed by atoms with E-state index in [1.807, 2.05) is 36.4 Å². The number of aromatic nitrogens is 1. The van der Waals surface area contributed by atoms with Crippen LogP contribution in [0.25, 0.3) is 11.3 Å². The molecule has 23 heavy (non-hydrogen) atoms. The van der Waals surface area contributed by atoms with Crippen molar-refractivity contribution in [2.24, 2.45) is 0 Å².